The molecule has 3 nitrogen and oxygen atoms in total. The van der Waals surface area contributed by atoms with Crippen molar-refractivity contribution < 1.29 is 9.90 Å². The van der Waals surface area contributed by atoms with E-state index in [9.17, 15) is 9.90 Å². The van der Waals surface area contributed by atoms with Gasteiger partial charge in [-0.2, -0.15) is 11.3 Å². The van der Waals surface area contributed by atoms with Crippen molar-refractivity contribution in [3.05, 3.63) is 22.4 Å². The van der Waals surface area contributed by atoms with Crippen LogP contribution in [0.2, 0.25) is 0 Å². The van der Waals surface area contributed by atoms with Crippen LogP contribution < -0.4 is 0 Å². The predicted molar refractivity (Wildman–Crippen MR) is 76.2 cm³/mol. The summed E-state index contributed by atoms with van der Waals surface area (Å²) in [6.07, 6.45) is 5.24. The molecule has 0 amide bonds. The highest BCUT2D eigenvalue weighted by Crippen LogP contribution is 2.45. The van der Waals surface area contributed by atoms with E-state index in [2.05, 4.69) is 21.7 Å². The van der Waals surface area contributed by atoms with Gasteiger partial charge in [0.05, 0.1) is 5.41 Å². The summed E-state index contributed by atoms with van der Waals surface area (Å²) in [6, 6.07) is 2.14. The minimum Gasteiger partial charge on any atom is -0.481 e. The molecule has 1 saturated heterocycles. The Labute approximate surface area is 118 Å². The Morgan fingerprint density at radius 1 is 1.53 bits per heavy atom. The zero-order valence-electron chi connectivity index (χ0n) is 11.2. The molecular weight excluding hydrogens is 258 g/mol. The molecule has 2 heterocycles. The molecule has 0 bridgehead atoms. The van der Waals surface area contributed by atoms with Crippen LogP contribution >= 0.6 is 11.3 Å². The lowest BCUT2D eigenvalue weighted by atomic mass is 9.75. The van der Waals surface area contributed by atoms with Gasteiger partial charge in [-0.05, 0) is 54.1 Å². The Kier molecular flexibility index (Phi) is 3.63. The summed E-state index contributed by atoms with van der Waals surface area (Å²) in [5.41, 5.74) is 0.840. The molecule has 0 spiro atoms. The van der Waals surface area contributed by atoms with Crippen molar-refractivity contribution in [1.82, 2.24) is 4.90 Å². The van der Waals surface area contributed by atoms with Crippen LogP contribution in [0, 0.1) is 11.3 Å². The van der Waals surface area contributed by atoms with Gasteiger partial charge in [0.15, 0.2) is 0 Å². The molecule has 104 valence electrons. The van der Waals surface area contributed by atoms with Gasteiger partial charge in [0.1, 0.15) is 0 Å². The molecule has 1 aromatic rings. The van der Waals surface area contributed by atoms with Gasteiger partial charge < -0.3 is 5.11 Å². The fourth-order valence-corrected chi connectivity index (χ4v) is 3.97. The van der Waals surface area contributed by atoms with E-state index in [1.807, 2.05) is 0 Å². The summed E-state index contributed by atoms with van der Waals surface area (Å²) < 4.78 is 0. The van der Waals surface area contributed by atoms with Crippen LogP contribution in [0.1, 0.15) is 37.7 Å². The summed E-state index contributed by atoms with van der Waals surface area (Å²) in [7, 11) is 0. The number of rotatable bonds is 5. The van der Waals surface area contributed by atoms with E-state index >= 15 is 0 Å². The van der Waals surface area contributed by atoms with Gasteiger partial charge in [0, 0.05) is 13.1 Å². The molecule has 1 atom stereocenters. The maximum Gasteiger partial charge on any atom is 0.310 e. The van der Waals surface area contributed by atoms with Gasteiger partial charge in [-0.25, -0.2) is 0 Å². The number of carboxylic acid groups (broad SMARTS) is 1. The molecule has 1 aliphatic heterocycles. The average molecular weight is 279 g/mol. The highest BCUT2D eigenvalue weighted by molar-refractivity contribution is 7.07. The van der Waals surface area contributed by atoms with Gasteiger partial charge in [0.25, 0.3) is 0 Å². The summed E-state index contributed by atoms with van der Waals surface area (Å²) in [5, 5.41) is 13.9. The van der Waals surface area contributed by atoms with E-state index in [4.69, 9.17) is 0 Å². The van der Waals surface area contributed by atoms with Gasteiger partial charge in [0.2, 0.25) is 0 Å². The van der Waals surface area contributed by atoms with Gasteiger partial charge >= 0.3 is 5.97 Å². The summed E-state index contributed by atoms with van der Waals surface area (Å²) in [6.45, 7) is 2.67. The van der Waals surface area contributed by atoms with Crippen molar-refractivity contribution in [2.24, 2.45) is 11.3 Å². The third-order valence-corrected chi connectivity index (χ3v) is 5.20. The van der Waals surface area contributed by atoms with Crippen molar-refractivity contribution in [2.45, 2.75) is 38.6 Å². The number of nitrogens with zero attached hydrogens (tertiary/aromatic N) is 1. The molecule has 1 saturated carbocycles. The van der Waals surface area contributed by atoms with Crippen molar-refractivity contribution >= 4 is 17.3 Å². The van der Waals surface area contributed by atoms with E-state index in [0.29, 0.717) is 5.92 Å². The molecular formula is C15H21NO2S. The lowest BCUT2D eigenvalue weighted by Gasteiger charge is -2.40. The lowest BCUT2D eigenvalue weighted by Crippen LogP contribution is -2.47. The van der Waals surface area contributed by atoms with Crippen LogP contribution in [0.15, 0.2) is 16.8 Å². The van der Waals surface area contributed by atoms with Crippen LogP contribution in [-0.4, -0.2) is 29.1 Å². The second-order valence-corrected chi connectivity index (χ2v) is 6.96. The SMILES string of the molecule is O=C(O)C1(CC2CC2)CCCN(Cc2ccsc2)C1. The third kappa shape index (κ3) is 3.00. The zero-order valence-corrected chi connectivity index (χ0v) is 12.0. The van der Waals surface area contributed by atoms with E-state index in [-0.39, 0.29) is 0 Å². The highest BCUT2D eigenvalue weighted by atomic mass is 32.1. The molecule has 1 N–H and O–H groups in total. The Morgan fingerprint density at radius 3 is 3.00 bits per heavy atom. The standard InChI is InChI=1S/C15H21NO2S/c17-14(18)15(8-12-2-3-12)5-1-6-16(11-15)9-13-4-7-19-10-13/h4,7,10,12H,1-3,5-6,8-9,11H2,(H,17,18). The molecule has 4 heteroatoms. The van der Waals surface area contributed by atoms with E-state index in [0.717, 1.165) is 38.9 Å². The third-order valence-electron chi connectivity index (χ3n) is 4.47. The first kappa shape index (κ1) is 13.1. The molecule has 1 unspecified atom stereocenters. The fourth-order valence-electron chi connectivity index (χ4n) is 3.31. The van der Waals surface area contributed by atoms with Gasteiger partial charge in [-0.1, -0.05) is 12.8 Å². The van der Waals surface area contributed by atoms with Gasteiger partial charge in [-0.3, -0.25) is 9.69 Å². The number of hydrogen-bond acceptors (Lipinski definition) is 3. The molecule has 3 rings (SSSR count). The number of carbonyl (C=O) groups is 1. The van der Waals surface area contributed by atoms with Crippen LogP contribution in [-0.2, 0) is 11.3 Å². The van der Waals surface area contributed by atoms with Crippen LogP contribution in [0.3, 0.4) is 0 Å². The quantitative estimate of drug-likeness (QED) is 0.899. The number of likely N-dealkylation sites (tertiary alicyclic amines) is 1. The van der Waals surface area contributed by atoms with Crippen molar-refractivity contribution in [3.8, 4) is 0 Å². The largest absolute Gasteiger partial charge is 0.481 e. The Morgan fingerprint density at radius 2 is 2.37 bits per heavy atom. The number of thiophene rings is 1. The first-order chi connectivity index (χ1) is 9.18. The maximum absolute atomic E-state index is 11.8. The zero-order chi connectivity index (χ0) is 13.3. The Balaban J connectivity index is 1.68. The second-order valence-electron chi connectivity index (χ2n) is 6.18. The normalized spacial score (nSPS) is 28.4. The minimum atomic E-state index is -0.575. The molecule has 1 aromatic heterocycles. The van der Waals surface area contributed by atoms with Crippen molar-refractivity contribution in [2.75, 3.05) is 13.1 Å². The minimum absolute atomic E-state index is 0.477. The number of carboxylic acids is 1. The molecule has 19 heavy (non-hydrogen) atoms. The smallest absolute Gasteiger partial charge is 0.310 e. The first-order valence-corrected chi connectivity index (χ1v) is 8.09. The fraction of sp³-hybridized carbons (Fsp3) is 0.667. The van der Waals surface area contributed by atoms with Gasteiger partial charge in [-0.15, -0.1) is 0 Å². The highest BCUT2D eigenvalue weighted by Gasteiger charge is 2.45. The Hall–Kier alpha value is -0.870. The van der Waals surface area contributed by atoms with Crippen molar-refractivity contribution in [1.29, 1.82) is 0 Å². The number of hydrogen-bond donors (Lipinski definition) is 1. The van der Waals surface area contributed by atoms with Crippen LogP contribution in [0.4, 0.5) is 0 Å². The molecule has 0 aromatic carbocycles. The second kappa shape index (κ2) is 5.25. The molecule has 2 fully saturated rings. The predicted octanol–water partition coefficient (Wildman–Crippen LogP) is 3.22. The van der Waals surface area contributed by atoms with Crippen molar-refractivity contribution in [3.63, 3.8) is 0 Å². The molecule has 2 aliphatic rings. The lowest BCUT2D eigenvalue weighted by molar-refractivity contribution is -0.153. The van der Waals surface area contributed by atoms with Crippen LogP contribution in [0.5, 0.6) is 0 Å². The summed E-state index contributed by atoms with van der Waals surface area (Å²) >= 11 is 1.71. The van der Waals surface area contributed by atoms with E-state index in [1.165, 1.54) is 18.4 Å². The number of aliphatic carboxylic acids is 1. The summed E-state index contributed by atoms with van der Waals surface area (Å²) in [5.74, 6) is 0.103. The molecule has 0 radical (unpaired) electrons. The Bertz CT molecular complexity index is 441. The van der Waals surface area contributed by atoms with Crippen LogP contribution in [0.25, 0.3) is 0 Å². The van der Waals surface area contributed by atoms with E-state index in [1.54, 1.807) is 11.3 Å². The van der Waals surface area contributed by atoms with E-state index < -0.39 is 11.4 Å². The molecule has 1 aliphatic carbocycles. The average Bonchev–Trinajstić information content (AvgIpc) is 3.03. The maximum atomic E-state index is 11.8. The topological polar surface area (TPSA) is 40.5 Å². The summed E-state index contributed by atoms with van der Waals surface area (Å²) in [4.78, 5) is 14.1. The first-order valence-electron chi connectivity index (χ1n) is 7.15. The number of piperidine rings is 1. The monoisotopic (exact) mass is 279 g/mol.